The fourth-order valence-corrected chi connectivity index (χ4v) is 4.11. The number of alkyl carbamates (subject to hydrolysis) is 1. The zero-order valence-electron chi connectivity index (χ0n) is 18.5. The van der Waals surface area contributed by atoms with Crippen LogP contribution in [0.3, 0.4) is 0 Å². The van der Waals surface area contributed by atoms with E-state index in [1.54, 1.807) is 6.08 Å². The number of fused-ring (bicyclic) bond motifs is 3. The molecule has 0 heterocycles. The molecule has 34 heavy (non-hydrogen) atoms. The highest BCUT2D eigenvalue weighted by atomic mass is 19.1. The second-order valence-corrected chi connectivity index (χ2v) is 7.79. The summed E-state index contributed by atoms with van der Waals surface area (Å²) in [6.07, 6.45) is 3.06. The Labute approximate surface area is 196 Å². The Morgan fingerprint density at radius 2 is 1.56 bits per heavy atom. The fraction of sp³-hybridized carbons (Fsp3) is 0.185. The van der Waals surface area contributed by atoms with Gasteiger partial charge < -0.3 is 14.8 Å². The van der Waals surface area contributed by atoms with E-state index in [4.69, 9.17) is 4.74 Å². The Kier molecular flexibility index (Phi) is 7.01. The maximum absolute atomic E-state index is 14.0. The molecule has 174 valence electrons. The molecule has 0 radical (unpaired) electrons. The summed E-state index contributed by atoms with van der Waals surface area (Å²) in [6, 6.07) is 18.3. The molecular formula is C27H23F2NO4. The molecule has 3 aromatic rings. The zero-order chi connectivity index (χ0) is 24.1. The van der Waals surface area contributed by atoms with Gasteiger partial charge in [0.15, 0.2) is 0 Å². The van der Waals surface area contributed by atoms with Crippen LogP contribution in [0.25, 0.3) is 17.2 Å². The molecule has 0 saturated heterocycles. The normalized spacial score (nSPS) is 12.3. The van der Waals surface area contributed by atoms with Gasteiger partial charge in [-0.3, -0.25) is 0 Å². The van der Waals surface area contributed by atoms with E-state index in [1.807, 2.05) is 24.3 Å². The molecule has 1 N–H and O–H groups in total. The number of esters is 1. The molecule has 1 amide bonds. The molecular weight excluding hydrogens is 440 g/mol. The number of rotatable bonds is 7. The number of hydrogen-bond donors (Lipinski definition) is 1. The first-order valence-electron chi connectivity index (χ1n) is 10.8. The number of ether oxygens (including phenoxy) is 2. The van der Waals surface area contributed by atoms with Gasteiger partial charge in [0.2, 0.25) is 0 Å². The number of hydrogen-bond acceptors (Lipinski definition) is 4. The van der Waals surface area contributed by atoms with Crippen LogP contribution in [0.5, 0.6) is 0 Å². The van der Waals surface area contributed by atoms with E-state index in [-0.39, 0.29) is 18.1 Å². The number of methoxy groups -OCH3 is 1. The van der Waals surface area contributed by atoms with Gasteiger partial charge in [-0.15, -0.1) is 0 Å². The van der Waals surface area contributed by atoms with E-state index in [9.17, 15) is 18.4 Å². The molecule has 0 bridgehead atoms. The molecule has 3 aromatic carbocycles. The van der Waals surface area contributed by atoms with Crippen molar-refractivity contribution in [2.75, 3.05) is 20.3 Å². The third-order valence-corrected chi connectivity index (χ3v) is 5.69. The lowest BCUT2D eigenvalue weighted by molar-refractivity contribution is 0.0589. The van der Waals surface area contributed by atoms with Gasteiger partial charge in [0, 0.05) is 12.5 Å². The quantitative estimate of drug-likeness (QED) is 0.361. The molecule has 4 rings (SSSR count). The summed E-state index contributed by atoms with van der Waals surface area (Å²) < 4.78 is 37.8. The van der Waals surface area contributed by atoms with E-state index in [2.05, 4.69) is 34.3 Å². The molecule has 0 spiro atoms. The Morgan fingerprint density at radius 3 is 2.15 bits per heavy atom. The Morgan fingerprint density at radius 1 is 0.971 bits per heavy atom. The largest absolute Gasteiger partial charge is 0.465 e. The topological polar surface area (TPSA) is 64.6 Å². The predicted octanol–water partition coefficient (Wildman–Crippen LogP) is 5.69. The van der Waals surface area contributed by atoms with E-state index < -0.39 is 29.3 Å². The van der Waals surface area contributed by atoms with Crippen molar-refractivity contribution in [2.45, 2.75) is 12.3 Å². The highest BCUT2D eigenvalue weighted by Gasteiger charge is 2.28. The van der Waals surface area contributed by atoms with Crippen molar-refractivity contribution >= 4 is 18.1 Å². The van der Waals surface area contributed by atoms with Gasteiger partial charge in [-0.2, -0.15) is 0 Å². The van der Waals surface area contributed by atoms with Crippen molar-refractivity contribution in [3.8, 4) is 11.1 Å². The molecule has 1 aliphatic carbocycles. The standard InChI is InChI=1S/C27H23F2NO4/c1-33-26(31)25-23(28)14-17(15-24(25)29)8-6-7-13-30-27(32)34-16-22-20-11-4-2-9-18(20)19-10-3-5-12-21(19)22/h2-6,8-12,14-15,22H,7,13,16H2,1H3,(H,30,32). The summed E-state index contributed by atoms with van der Waals surface area (Å²) in [5, 5.41) is 2.67. The summed E-state index contributed by atoms with van der Waals surface area (Å²) in [6.45, 7) is 0.513. The van der Waals surface area contributed by atoms with Crippen LogP contribution in [-0.2, 0) is 9.47 Å². The van der Waals surface area contributed by atoms with Crippen LogP contribution >= 0.6 is 0 Å². The third-order valence-electron chi connectivity index (χ3n) is 5.69. The summed E-state index contributed by atoms with van der Waals surface area (Å²) in [5.41, 5.74) is 4.11. The smallest absolute Gasteiger partial charge is 0.407 e. The van der Waals surface area contributed by atoms with Gasteiger partial charge in [-0.25, -0.2) is 18.4 Å². The van der Waals surface area contributed by atoms with Crippen molar-refractivity contribution in [3.05, 3.63) is 101 Å². The number of carbonyl (C=O) groups is 2. The number of carbonyl (C=O) groups excluding carboxylic acids is 2. The Bertz CT molecular complexity index is 1190. The van der Waals surface area contributed by atoms with E-state index in [1.165, 1.54) is 6.08 Å². The van der Waals surface area contributed by atoms with Gasteiger partial charge in [-0.05, 0) is 46.4 Å². The third kappa shape index (κ3) is 4.83. The maximum atomic E-state index is 14.0. The molecule has 7 heteroatoms. The molecule has 0 aliphatic heterocycles. The SMILES string of the molecule is COC(=O)c1c(F)cc(C=CCCNC(=O)OCC2c3ccccc3-c3ccccc32)cc1F. The Balaban J connectivity index is 1.27. The number of nitrogens with one attached hydrogen (secondary N) is 1. The van der Waals surface area contributed by atoms with Gasteiger partial charge in [-0.1, -0.05) is 60.7 Å². The van der Waals surface area contributed by atoms with Gasteiger partial charge in [0.1, 0.15) is 23.8 Å². The van der Waals surface area contributed by atoms with Gasteiger partial charge >= 0.3 is 12.1 Å². The lowest BCUT2D eigenvalue weighted by atomic mass is 9.98. The second kappa shape index (κ2) is 10.3. The summed E-state index contributed by atoms with van der Waals surface area (Å²) in [5.74, 6) is -3.08. The summed E-state index contributed by atoms with van der Waals surface area (Å²) in [4.78, 5) is 23.6. The lowest BCUT2D eigenvalue weighted by Gasteiger charge is -2.14. The van der Waals surface area contributed by atoms with Crippen molar-refractivity contribution in [1.82, 2.24) is 5.32 Å². The van der Waals surface area contributed by atoms with E-state index in [0.717, 1.165) is 41.5 Å². The monoisotopic (exact) mass is 463 g/mol. The van der Waals surface area contributed by atoms with Crippen LogP contribution in [0.2, 0.25) is 0 Å². The van der Waals surface area contributed by atoms with Crippen LogP contribution in [0.4, 0.5) is 13.6 Å². The van der Waals surface area contributed by atoms with Crippen LogP contribution in [-0.4, -0.2) is 32.3 Å². The molecule has 0 atom stereocenters. The van der Waals surface area contributed by atoms with Crippen LogP contribution in [0, 0.1) is 11.6 Å². The van der Waals surface area contributed by atoms with E-state index in [0.29, 0.717) is 13.0 Å². The minimum absolute atomic E-state index is 0.0178. The molecule has 5 nitrogen and oxygen atoms in total. The second-order valence-electron chi connectivity index (χ2n) is 7.79. The Hall–Kier alpha value is -4.00. The van der Waals surface area contributed by atoms with Gasteiger partial charge in [0.25, 0.3) is 0 Å². The summed E-state index contributed by atoms with van der Waals surface area (Å²) in [7, 11) is 1.05. The van der Waals surface area contributed by atoms with Crippen molar-refractivity contribution in [3.63, 3.8) is 0 Å². The average Bonchev–Trinajstić information content (AvgIpc) is 3.15. The summed E-state index contributed by atoms with van der Waals surface area (Å²) >= 11 is 0. The highest BCUT2D eigenvalue weighted by Crippen LogP contribution is 2.44. The first-order valence-corrected chi connectivity index (χ1v) is 10.8. The molecule has 0 aromatic heterocycles. The zero-order valence-corrected chi connectivity index (χ0v) is 18.5. The molecule has 0 unspecified atom stereocenters. The number of halogens is 2. The fourth-order valence-electron chi connectivity index (χ4n) is 4.11. The average molecular weight is 463 g/mol. The van der Waals surface area contributed by atoms with Crippen molar-refractivity contribution < 1.29 is 27.8 Å². The van der Waals surface area contributed by atoms with E-state index >= 15 is 0 Å². The first-order chi connectivity index (χ1) is 16.5. The lowest BCUT2D eigenvalue weighted by Crippen LogP contribution is -2.26. The maximum Gasteiger partial charge on any atom is 0.407 e. The van der Waals surface area contributed by atoms with Crippen LogP contribution in [0.1, 0.15) is 39.4 Å². The highest BCUT2D eigenvalue weighted by molar-refractivity contribution is 5.90. The predicted molar refractivity (Wildman–Crippen MR) is 124 cm³/mol. The molecule has 1 aliphatic rings. The van der Waals surface area contributed by atoms with Gasteiger partial charge in [0.05, 0.1) is 7.11 Å². The first kappa shape index (κ1) is 23.2. The van der Waals surface area contributed by atoms with Crippen LogP contribution < -0.4 is 5.32 Å². The molecule has 0 saturated carbocycles. The molecule has 0 fully saturated rings. The van der Waals surface area contributed by atoms with Crippen molar-refractivity contribution in [1.29, 1.82) is 0 Å². The number of benzene rings is 3. The van der Waals surface area contributed by atoms with Crippen LogP contribution in [0.15, 0.2) is 66.7 Å². The number of amides is 1. The minimum Gasteiger partial charge on any atom is -0.465 e. The minimum atomic E-state index is -1.07. The van der Waals surface area contributed by atoms with Crippen molar-refractivity contribution in [2.24, 2.45) is 0 Å².